The van der Waals surface area contributed by atoms with Gasteiger partial charge in [-0.05, 0) is 48.6 Å². The third-order valence-corrected chi connectivity index (χ3v) is 4.70. The Kier molecular flexibility index (Phi) is 5.52. The number of nitrogens with one attached hydrogen (secondary N) is 1. The quantitative estimate of drug-likeness (QED) is 0.661. The minimum absolute atomic E-state index is 0.00555. The van der Waals surface area contributed by atoms with E-state index in [2.05, 4.69) is 61.6 Å². The zero-order valence-electron chi connectivity index (χ0n) is 15.6. The Morgan fingerprint density at radius 2 is 1.54 bits per heavy atom. The number of hydrogen-bond acceptors (Lipinski definition) is 1. The van der Waals surface area contributed by atoms with Gasteiger partial charge >= 0.3 is 0 Å². The summed E-state index contributed by atoms with van der Waals surface area (Å²) in [6.45, 7) is 6.20. The lowest BCUT2D eigenvalue weighted by Gasteiger charge is -2.17. The number of hydrogen-bond donors (Lipinski definition) is 1. The van der Waals surface area contributed by atoms with Gasteiger partial charge in [-0.25, -0.2) is 0 Å². The summed E-state index contributed by atoms with van der Waals surface area (Å²) in [5.74, 6) is 0.0471. The summed E-state index contributed by atoms with van der Waals surface area (Å²) in [4.78, 5) is 12.4. The van der Waals surface area contributed by atoms with Crippen molar-refractivity contribution in [3.63, 3.8) is 0 Å². The highest BCUT2D eigenvalue weighted by molar-refractivity contribution is 5.79. The van der Waals surface area contributed by atoms with Crippen molar-refractivity contribution < 1.29 is 4.79 Å². The Morgan fingerprint density at radius 3 is 2.23 bits per heavy atom. The van der Waals surface area contributed by atoms with Crippen molar-refractivity contribution in [2.45, 2.75) is 33.2 Å². The fraction of sp³-hybridized carbons (Fsp3) is 0.208. The molecule has 1 amide bonds. The summed E-state index contributed by atoms with van der Waals surface area (Å²) in [6.07, 6.45) is 0.393. The fourth-order valence-electron chi connectivity index (χ4n) is 3.23. The van der Waals surface area contributed by atoms with E-state index < -0.39 is 0 Å². The Morgan fingerprint density at radius 1 is 0.885 bits per heavy atom. The Bertz CT molecular complexity index is 882. The lowest BCUT2D eigenvalue weighted by atomic mass is 9.99. The second kappa shape index (κ2) is 8.01. The van der Waals surface area contributed by atoms with Crippen LogP contribution in [-0.4, -0.2) is 5.91 Å². The van der Waals surface area contributed by atoms with Crippen LogP contribution in [0.15, 0.2) is 72.8 Å². The SMILES string of the molecule is Cc1ccc(C)c([C@@H](C)NC(=O)Cc2ccc(-c3ccccc3)cc2)c1. The van der Waals surface area contributed by atoms with Crippen molar-refractivity contribution >= 4 is 5.91 Å². The number of carbonyl (C=O) groups is 1. The molecule has 0 saturated heterocycles. The maximum Gasteiger partial charge on any atom is 0.224 e. The third kappa shape index (κ3) is 4.40. The highest BCUT2D eigenvalue weighted by Crippen LogP contribution is 2.21. The second-order valence-electron chi connectivity index (χ2n) is 6.89. The molecule has 0 spiro atoms. The predicted octanol–water partition coefficient (Wildman–Crippen LogP) is 5.39. The number of carbonyl (C=O) groups excluding carboxylic acids is 1. The minimum Gasteiger partial charge on any atom is -0.349 e. The number of benzene rings is 3. The molecule has 1 N–H and O–H groups in total. The van der Waals surface area contributed by atoms with Crippen molar-refractivity contribution in [3.8, 4) is 11.1 Å². The fourth-order valence-corrected chi connectivity index (χ4v) is 3.23. The van der Waals surface area contributed by atoms with E-state index in [1.54, 1.807) is 0 Å². The van der Waals surface area contributed by atoms with Crippen LogP contribution in [0.4, 0.5) is 0 Å². The van der Waals surface area contributed by atoms with Crippen LogP contribution < -0.4 is 5.32 Å². The van der Waals surface area contributed by atoms with E-state index in [1.165, 1.54) is 27.8 Å². The molecule has 0 radical (unpaired) electrons. The van der Waals surface area contributed by atoms with Gasteiger partial charge in [-0.15, -0.1) is 0 Å². The van der Waals surface area contributed by atoms with E-state index in [1.807, 2.05) is 37.3 Å². The number of rotatable bonds is 5. The molecular weight excluding hydrogens is 318 g/mol. The first-order chi connectivity index (χ1) is 12.5. The zero-order chi connectivity index (χ0) is 18.5. The van der Waals surface area contributed by atoms with Crippen LogP contribution in [-0.2, 0) is 11.2 Å². The molecule has 2 heteroatoms. The van der Waals surface area contributed by atoms with Gasteiger partial charge in [0.15, 0.2) is 0 Å². The Hall–Kier alpha value is -2.87. The summed E-state index contributed by atoms with van der Waals surface area (Å²) in [5.41, 5.74) is 6.97. The first kappa shape index (κ1) is 17.9. The van der Waals surface area contributed by atoms with Crippen molar-refractivity contribution in [3.05, 3.63) is 95.1 Å². The van der Waals surface area contributed by atoms with Gasteiger partial charge in [-0.1, -0.05) is 78.4 Å². The summed E-state index contributed by atoms with van der Waals surface area (Å²) in [5, 5.41) is 3.12. The van der Waals surface area contributed by atoms with Gasteiger partial charge in [0.2, 0.25) is 5.91 Å². The van der Waals surface area contributed by atoms with Crippen molar-refractivity contribution in [1.29, 1.82) is 0 Å². The van der Waals surface area contributed by atoms with Gasteiger partial charge in [0, 0.05) is 0 Å². The molecule has 3 aromatic rings. The van der Waals surface area contributed by atoms with Crippen molar-refractivity contribution in [2.75, 3.05) is 0 Å². The summed E-state index contributed by atoms with van der Waals surface area (Å²) >= 11 is 0. The van der Waals surface area contributed by atoms with Gasteiger partial charge in [0.05, 0.1) is 12.5 Å². The monoisotopic (exact) mass is 343 g/mol. The highest BCUT2D eigenvalue weighted by atomic mass is 16.1. The minimum atomic E-state index is 0.00555. The van der Waals surface area contributed by atoms with Crippen LogP contribution in [0.2, 0.25) is 0 Å². The first-order valence-electron chi connectivity index (χ1n) is 9.04. The van der Waals surface area contributed by atoms with Gasteiger partial charge in [0.25, 0.3) is 0 Å². The average Bonchev–Trinajstić information content (AvgIpc) is 2.65. The molecule has 26 heavy (non-hydrogen) atoms. The topological polar surface area (TPSA) is 29.1 Å². The van der Waals surface area contributed by atoms with Gasteiger partial charge in [-0.2, -0.15) is 0 Å². The summed E-state index contributed by atoms with van der Waals surface area (Å²) < 4.78 is 0. The molecule has 3 rings (SSSR count). The van der Waals surface area contributed by atoms with E-state index in [9.17, 15) is 4.79 Å². The molecular formula is C24H25NO. The molecule has 132 valence electrons. The molecule has 2 nitrogen and oxygen atoms in total. The number of amides is 1. The Balaban J connectivity index is 1.64. The first-order valence-corrected chi connectivity index (χ1v) is 9.04. The lowest BCUT2D eigenvalue weighted by molar-refractivity contribution is -0.121. The maximum atomic E-state index is 12.4. The van der Waals surface area contributed by atoms with Crippen LogP contribution in [0.1, 0.15) is 35.2 Å². The number of aryl methyl sites for hydroxylation is 2. The average molecular weight is 343 g/mol. The standard InChI is InChI=1S/C24H25NO/c1-17-9-10-18(2)23(15-17)19(3)25-24(26)16-20-11-13-22(14-12-20)21-7-5-4-6-8-21/h4-15,19H,16H2,1-3H3,(H,25,26)/t19-/m1/s1. The van der Waals surface area contributed by atoms with Gasteiger partial charge in [-0.3, -0.25) is 4.79 Å². The van der Waals surface area contributed by atoms with Gasteiger partial charge < -0.3 is 5.32 Å². The highest BCUT2D eigenvalue weighted by Gasteiger charge is 2.12. The normalized spacial score (nSPS) is 11.8. The Labute approximate surface area is 155 Å². The van der Waals surface area contributed by atoms with Crippen LogP contribution in [0.25, 0.3) is 11.1 Å². The smallest absolute Gasteiger partial charge is 0.224 e. The zero-order valence-corrected chi connectivity index (χ0v) is 15.6. The summed E-state index contributed by atoms with van der Waals surface area (Å²) in [7, 11) is 0. The summed E-state index contributed by atoms with van der Waals surface area (Å²) in [6, 6.07) is 24.8. The van der Waals surface area contributed by atoms with Crippen LogP contribution in [0.5, 0.6) is 0 Å². The molecule has 0 aliphatic heterocycles. The third-order valence-electron chi connectivity index (χ3n) is 4.70. The van der Waals surface area contributed by atoms with Gasteiger partial charge in [0.1, 0.15) is 0 Å². The molecule has 0 fully saturated rings. The molecule has 0 aliphatic rings. The maximum absolute atomic E-state index is 12.4. The van der Waals surface area contributed by atoms with E-state index in [0.29, 0.717) is 6.42 Å². The molecule has 3 aromatic carbocycles. The molecule has 0 saturated carbocycles. The molecule has 0 aromatic heterocycles. The van der Waals surface area contributed by atoms with Crippen molar-refractivity contribution in [2.24, 2.45) is 0 Å². The predicted molar refractivity (Wildman–Crippen MR) is 108 cm³/mol. The van der Waals surface area contributed by atoms with Crippen LogP contribution in [0.3, 0.4) is 0 Å². The van der Waals surface area contributed by atoms with Crippen molar-refractivity contribution in [1.82, 2.24) is 5.32 Å². The second-order valence-corrected chi connectivity index (χ2v) is 6.89. The van der Waals surface area contributed by atoms with E-state index >= 15 is 0 Å². The molecule has 0 bridgehead atoms. The van der Waals surface area contributed by atoms with Crippen LogP contribution >= 0.6 is 0 Å². The van der Waals surface area contributed by atoms with E-state index in [4.69, 9.17) is 0 Å². The van der Waals surface area contributed by atoms with E-state index in [0.717, 1.165) is 5.56 Å². The largest absolute Gasteiger partial charge is 0.349 e. The lowest BCUT2D eigenvalue weighted by Crippen LogP contribution is -2.28. The van der Waals surface area contributed by atoms with Crippen LogP contribution in [0, 0.1) is 13.8 Å². The van der Waals surface area contributed by atoms with E-state index in [-0.39, 0.29) is 11.9 Å². The molecule has 0 unspecified atom stereocenters. The molecule has 0 aliphatic carbocycles. The molecule has 0 heterocycles. The molecule has 1 atom stereocenters.